The molecule has 0 spiro atoms. The normalized spacial score (nSPS) is 17.1. The van der Waals surface area contributed by atoms with E-state index in [1.807, 2.05) is 6.07 Å². The summed E-state index contributed by atoms with van der Waals surface area (Å²) in [6, 6.07) is 6.93. The highest BCUT2D eigenvalue weighted by Gasteiger charge is 2.16. The molecule has 2 rings (SSSR count). The molecule has 1 aromatic carbocycles. The largest absolute Gasteiger partial charge is 0.383 e. The minimum Gasteiger partial charge on any atom is -0.383 e. The van der Waals surface area contributed by atoms with E-state index in [2.05, 4.69) is 14.9 Å². The Morgan fingerprint density at radius 2 is 1.95 bits per heavy atom. The molecule has 0 atom stereocenters. The lowest BCUT2D eigenvalue weighted by Gasteiger charge is -2.26. The van der Waals surface area contributed by atoms with Crippen LogP contribution in [0.5, 0.6) is 0 Å². The first kappa shape index (κ1) is 15.2. The van der Waals surface area contributed by atoms with Crippen LogP contribution in [0.4, 0.5) is 5.69 Å². The molecule has 1 aliphatic heterocycles. The van der Waals surface area contributed by atoms with Crippen molar-refractivity contribution in [2.45, 2.75) is 4.90 Å². The quantitative estimate of drug-likeness (QED) is 0.792. The molecule has 0 radical (unpaired) electrons. The average Bonchev–Trinajstić information content (AvgIpc) is 2.49. The summed E-state index contributed by atoms with van der Waals surface area (Å²) < 4.78 is 31.5. The molecule has 112 valence electrons. The number of morpholine rings is 1. The number of benzene rings is 1. The molecular formula is C13H21N3O3S. The monoisotopic (exact) mass is 299 g/mol. The van der Waals surface area contributed by atoms with E-state index in [-0.39, 0.29) is 4.90 Å². The maximum absolute atomic E-state index is 11.9. The molecule has 0 saturated carbocycles. The van der Waals surface area contributed by atoms with Gasteiger partial charge in [-0.2, -0.15) is 0 Å². The zero-order valence-electron chi connectivity index (χ0n) is 11.6. The van der Waals surface area contributed by atoms with E-state index < -0.39 is 10.0 Å². The van der Waals surface area contributed by atoms with Gasteiger partial charge in [-0.3, -0.25) is 4.90 Å². The van der Waals surface area contributed by atoms with Crippen molar-refractivity contribution in [3.05, 3.63) is 24.3 Å². The van der Waals surface area contributed by atoms with Gasteiger partial charge >= 0.3 is 0 Å². The van der Waals surface area contributed by atoms with Gasteiger partial charge in [0.05, 0.1) is 18.9 Å². The van der Waals surface area contributed by atoms with Crippen LogP contribution >= 0.6 is 0 Å². The third kappa shape index (κ3) is 3.92. The first-order valence-corrected chi connectivity index (χ1v) is 8.18. The van der Waals surface area contributed by atoms with Crippen LogP contribution in [-0.2, 0) is 14.8 Å². The van der Waals surface area contributed by atoms with Crippen LogP contribution < -0.4 is 10.0 Å². The zero-order valence-corrected chi connectivity index (χ0v) is 12.4. The highest BCUT2D eigenvalue weighted by molar-refractivity contribution is 7.89. The van der Waals surface area contributed by atoms with Crippen molar-refractivity contribution < 1.29 is 13.2 Å². The molecule has 1 saturated heterocycles. The second kappa shape index (κ2) is 7.03. The number of hydrogen-bond donors (Lipinski definition) is 2. The van der Waals surface area contributed by atoms with Crippen LogP contribution in [0, 0.1) is 0 Å². The number of rotatable bonds is 6. The number of para-hydroxylation sites is 1. The minimum atomic E-state index is -3.43. The molecule has 1 aromatic rings. The van der Waals surface area contributed by atoms with Crippen molar-refractivity contribution in [1.82, 2.24) is 9.62 Å². The Hall–Kier alpha value is -1.15. The molecular weight excluding hydrogens is 278 g/mol. The van der Waals surface area contributed by atoms with Crippen LogP contribution in [0.3, 0.4) is 0 Å². The number of sulfonamides is 1. The van der Waals surface area contributed by atoms with E-state index in [1.54, 1.807) is 18.2 Å². The maximum Gasteiger partial charge on any atom is 0.242 e. The highest BCUT2D eigenvalue weighted by atomic mass is 32.2. The average molecular weight is 299 g/mol. The molecule has 0 aliphatic carbocycles. The number of ether oxygens (including phenoxy) is 1. The summed E-state index contributed by atoms with van der Waals surface area (Å²) in [7, 11) is -2.01. The summed E-state index contributed by atoms with van der Waals surface area (Å²) in [6.45, 7) is 4.97. The van der Waals surface area contributed by atoms with E-state index >= 15 is 0 Å². The van der Waals surface area contributed by atoms with E-state index in [9.17, 15) is 8.42 Å². The number of nitrogens with zero attached hydrogens (tertiary/aromatic N) is 1. The van der Waals surface area contributed by atoms with Crippen LogP contribution in [0.2, 0.25) is 0 Å². The second-order valence-corrected chi connectivity index (χ2v) is 6.44. The predicted octanol–water partition coefficient (Wildman–Crippen LogP) is 0.339. The third-order valence-corrected chi connectivity index (χ3v) is 4.76. The molecule has 2 N–H and O–H groups in total. The summed E-state index contributed by atoms with van der Waals surface area (Å²) in [5.74, 6) is 0. The zero-order chi connectivity index (χ0) is 14.4. The Bertz CT molecular complexity index is 527. The standard InChI is InChI=1S/C13H21N3O3S/c1-14-20(17,18)13-5-3-2-4-12(13)15-6-7-16-8-10-19-11-9-16/h2-5,14-15H,6-11H2,1H3. The summed E-state index contributed by atoms with van der Waals surface area (Å²) >= 11 is 0. The van der Waals surface area contributed by atoms with Gasteiger partial charge in [0, 0.05) is 26.2 Å². The van der Waals surface area contributed by atoms with Crippen molar-refractivity contribution >= 4 is 15.7 Å². The molecule has 0 bridgehead atoms. The summed E-state index contributed by atoms with van der Waals surface area (Å²) in [6.07, 6.45) is 0. The highest BCUT2D eigenvalue weighted by Crippen LogP contribution is 2.19. The molecule has 1 fully saturated rings. The van der Waals surface area contributed by atoms with Crippen molar-refractivity contribution in [3.63, 3.8) is 0 Å². The SMILES string of the molecule is CNS(=O)(=O)c1ccccc1NCCN1CCOCC1. The Balaban J connectivity index is 1.95. The van der Waals surface area contributed by atoms with Crippen LogP contribution in [0.25, 0.3) is 0 Å². The summed E-state index contributed by atoms with van der Waals surface area (Å²) in [5.41, 5.74) is 0.634. The molecule has 1 aliphatic rings. The van der Waals surface area contributed by atoms with Crippen molar-refractivity contribution in [1.29, 1.82) is 0 Å². The van der Waals surface area contributed by atoms with Gasteiger partial charge in [-0.1, -0.05) is 12.1 Å². The van der Waals surface area contributed by atoms with Gasteiger partial charge in [0.25, 0.3) is 0 Å². The van der Waals surface area contributed by atoms with Gasteiger partial charge in [0.15, 0.2) is 0 Å². The first-order chi connectivity index (χ1) is 9.63. The van der Waals surface area contributed by atoms with Gasteiger partial charge < -0.3 is 10.1 Å². The predicted molar refractivity (Wildman–Crippen MR) is 78.4 cm³/mol. The molecule has 7 heteroatoms. The lowest BCUT2D eigenvalue weighted by Crippen LogP contribution is -2.39. The Morgan fingerprint density at radius 1 is 1.25 bits per heavy atom. The number of anilines is 1. The number of nitrogens with one attached hydrogen (secondary N) is 2. The lowest BCUT2D eigenvalue weighted by molar-refractivity contribution is 0.0398. The van der Waals surface area contributed by atoms with Gasteiger partial charge in [-0.15, -0.1) is 0 Å². The van der Waals surface area contributed by atoms with E-state index in [4.69, 9.17) is 4.74 Å². The summed E-state index contributed by atoms with van der Waals surface area (Å²) in [5, 5.41) is 3.20. The molecule has 0 amide bonds. The fraction of sp³-hybridized carbons (Fsp3) is 0.538. The molecule has 20 heavy (non-hydrogen) atoms. The summed E-state index contributed by atoms with van der Waals surface area (Å²) in [4.78, 5) is 2.58. The van der Waals surface area contributed by atoms with E-state index in [0.29, 0.717) is 12.2 Å². The van der Waals surface area contributed by atoms with E-state index in [0.717, 1.165) is 32.8 Å². The topological polar surface area (TPSA) is 70.7 Å². The minimum absolute atomic E-state index is 0.282. The van der Waals surface area contributed by atoms with Crippen molar-refractivity contribution in [2.24, 2.45) is 0 Å². The molecule has 0 unspecified atom stereocenters. The van der Waals surface area contributed by atoms with E-state index in [1.165, 1.54) is 7.05 Å². The van der Waals surface area contributed by atoms with Gasteiger partial charge in [0.1, 0.15) is 4.90 Å². The van der Waals surface area contributed by atoms with Crippen molar-refractivity contribution in [2.75, 3.05) is 51.8 Å². The van der Waals surface area contributed by atoms with Gasteiger partial charge in [0.2, 0.25) is 10.0 Å². The maximum atomic E-state index is 11.9. The van der Waals surface area contributed by atoms with Crippen LogP contribution in [0.1, 0.15) is 0 Å². The fourth-order valence-corrected chi connectivity index (χ4v) is 3.04. The molecule has 1 heterocycles. The molecule has 0 aromatic heterocycles. The van der Waals surface area contributed by atoms with Gasteiger partial charge in [-0.05, 0) is 19.2 Å². The number of hydrogen-bond acceptors (Lipinski definition) is 5. The third-order valence-electron chi connectivity index (χ3n) is 3.29. The van der Waals surface area contributed by atoms with Crippen LogP contribution in [0.15, 0.2) is 29.2 Å². The smallest absolute Gasteiger partial charge is 0.242 e. The molecule has 6 nitrogen and oxygen atoms in total. The Kier molecular flexibility index (Phi) is 5.36. The van der Waals surface area contributed by atoms with Crippen molar-refractivity contribution in [3.8, 4) is 0 Å². The fourth-order valence-electron chi connectivity index (χ4n) is 2.13. The Labute approximate surface area is 120 Å². The van der Waals surface area contributed by atoms with Crippen LogP contribution in [-0.4, -0.2) is 59.8 Å². The Morgan fingerprint density at radius 3 is 2.65 bits per heavy atom. The lowest BCUT2D eigenvalue weighted by atomic mass is 10.3. The first-order valence-electron chi connectivity index (χ1n) is 6.70. The van der Waals surface area contributed by atoms with Gasteiger partial charge in [-0.25, -0.2) is 13.1 Å². The second-order valence-electron chi connectivity index (χ2n) is 4.58.